The molecule has 16 heavy (non-hydrogen) atoms. The maximum atomic E-state index is 10.8. The molecule has 0 bridgehead atoms. The van der Waals surface area contributed by atoms with Crippen molar-refractivity contribution in [3.63, 3.8) is 0 Å². The fourth-order valence-corrected chi connectivity index (χ4v) is 1.76. The van der Waals surface area contributed by atoms with Crippen LogP contribution in [0.25, 0.3) is 0 Å². The van der Waals surface area contributed by atoms with Crippen molar-refractivity contribution in [1.29, 1.82) is 0 Å². The van der Waals surface area contributed by atoms with Crippen LogP contribution in [0.15, 0.2) is 6.07 Å². The van der Waals surface area contributed by atoms with Gasteiger partial charge in [0.05, 0.1) is 16.4 Å². The van der Waals surface area contributed by atoms with E-state index in [1.165, 1.54) is 19.9 Å². The van der Waals surface area contributed by atoms with Crippen molar-refractivity contribution >= 4 is 23.3 Å². The SMILES string of the molecule is Cc1c(Cl)cc(CC(=O)O)c(C)c1[N+](=O)[O-]. The predicted molar refractivity (Wildman–Crippen MR) is 58.9 cm³/mol. The highest BCUT2D eigenvalue weighted by molar-refractivity contribution is 6.31. The van der Waals surface area contributed by atoms with Crippen LogP contribution in [0.5, 0.6) is 0 Å². The van der Waals surface area contributed by atoms with Gasteiger partial charge in [0.25, 0.3) is 5.69 Å². The van der Waals surface area contributed by atoms with Crippen LogP contribution in [0.1, 0.15) is 16.7 Å². The minimum absolute atomic E-state index is 0.108. The van der Waals surface area contributed by atoms with Gasteiger partial charge >= 0.3 is 5.97 Å². The lowest BCUT2D eigenvalue weighted by Gasteiger charge is -2.08. The number of nitro benzene ring substituents is 1. The van der Waals surface area contributed by atoms with E-state index in [4.69, 9.17) is 16.7 Å². The Hall–Kier alpha value is -1.62. The van der Waals surface area contributed by atoms with Gasteiger partial charge in [0.15, 0.2) is 0 Å². The van der Waals surface area contributed by atoms with E-state index in [-0.39, 0.29) is 17.1 Å². The molecule has 0 aliphatic rings. The van der Waals surface area contributed by atoms with Gasteiger partial charge in [-0.15, -0.1) is 0 Å². The molecule has 0 amide bonds. The number of nitrogens with zero attached hydrogens (tertiary/aromatic N) is 1. The van der Waals surface area contributed by atoms with Crippen LogP contribution in [0.4, 0.5) is 5.69 Å². The van der Waals surface area contributed by atoms with Gasteiger partial charge in [-0.25, -0.2) is 0 Å². The molecule has 6 heteroatoms. The molecule has 1 N–H and O–H groups in total. The van der Waals surface area contributed by atoms with E-state index in [0.29, 0.717) is 16.7 Å². The maximum absolute atomic E-state index is 10.8. The van der Waals surface area contributed by atoms with Crippen LogP contribution in [0.2, 0.25) is 5.02 Å². The van der Waals surface area contributed by atoms with Gasteiger partial charge in [0, 0.05) is 11.1 Å². The molecule has 0 fully saturated rings. The van der Waals surface area contributed by atoms with Crippen LogP contribution in [-0.4, -0.2) is 16.0 Å². The normalized spacial score (nSPS) is 10.2. The molecule has 0 aromatic heterocycles. The van der Waals surface area contributed by atoms with Crippen molar-refractivity contribution in [3.05, 3.63) is 37.9 Å². The molecule has 86 valence electrons. The van der Waals surface area contributed by atoms with E-state index >= 15 is 0 Å². The summed E-state index contributed by atoms with van der Waals surface area (Å²) in [6.07, 6.45) is -0.271. The Balaban J connectivity index is 3.44. The van der Waals surface area contributed by atoms with E-state index in [1.54, 1.807) is 0 Å². The molecular formula is C10H10ClNO4. The lowest BCUT2D eigenvalue weighted by molar-refractivity contribution is -0.386. The van der Waals surface area contributed by atoms with E-state index in [2.05, 4.69) is 0 Å². The van der Waals surface area contributed by atoms with E-state index in [1.807, 2.05) is 0 Å². The summed E-state index contributed by atoms with van der Waals surface area (Å²) < 4.78 is 0. The van der Waals surface area contributed by atoms with Gasteiger partial charge in [-0.2, -0.15) is 0 Å². The van der Waals surface area contributed by atoms with E-state index < -0.39 is 10.9 Å². The first kappa shape index (κ1) is 12.4. The number of carbonyl (C=O) groups is 1. The molecule has 0 radical (unpaired) electrons. The summed E-state index contributed by atoms with van der Waals surface area (Å²) in [4.78, 5) is 20.9. The Morgan fingerprint density at radius 2 is 2.06 bits per heavy atom. The molecule has 5 nitrogen and oxygen atoms in total. The van der Waals surface area contributed by atoms with Gasteiger partial charge in [-0.1, -0.05) is 11.6 Å². The number of rotatable bonds is 3. The summed E-state index contributed by atoms with van der Waals surface area (Å²) in [5, 5.41) is 19.7. The summed E-state index contributed by atoms with van der Waals surface area (Å²) in [6, 6.07) is 1.47. The first-order valence-electron chi connectivity index (χ1n) is 4.49. The minimum atomic E-state index is -1.04. The van der Waals surface area contributed by atoms with Crippen molar-refractivity contribution in [3.8, 4) is 0 Å². The first-order valence-corrected chi connectivity index (χ1v) is 4.87. The second-order valence-corrected chi connectivity index (χ2v) is 3.85. The van der Waals surface area contributed by atoms with Gasteiger partial charge in [-0.05, 0) is 25.5 Å². The molecule has 0 heterocycles. The zero-order valence-corrected chi connectivity index (χ0v) is 9.54. The van der Waals surface area contributed by atoms with Crippen molar-refractivity contribution in [2.24, 2.45) is 0 Å². The van der Waals surface area contributed by atoms with Gasteiger partial charge in [0.2, 0.25) is 0 Å². The monoisotopic (exact) mass is 243 g/mol. The molecule has 1 rings (SSSR count). The number of halogens is 1. The first-order chi connectivity index (χ1) is 7.34. The number of hydrogen-bond donors (Lipinski definition) is 1. The lowest BCUT2D eigenvalue weighted by Crippen LogP contribution is -2.05. The van der Waals surface area contributed by atoms with Crippen molar-refractivity contribution in [1.82, 2.24) is 0 Å². The lowest BCUT2D eigenvalue weighted by atomic mass is 10.0. The Bertz CT molecular complexity index is 470. The van der Waals surface area contributed by atoms with Crippen LogP contribution < -0.4 is 0 Å². The molecular weight excluding hydrogens is 234 g/mol. The number of hydrogen-bond acceptors (Lipinski definition) is 3. The third-order valence-electron chi connectivity index (χ3n) is 2.38. The summed E-state index contributed by atoms with van der Waals surface area (Å²) in [5.41, 5.74) is 0.978. The van der Waals surface area contributed by atoms with E-state index in [9.17, 15) is 14.9 Å². The fraction of sp³-hybridized carbons (Fsp3) is 0.300. The quantitative estimate of drug-likeness (QED) is 0.653. The molecule has 0 atom stereocenters. The van der Waals surface area contributed by atoms with Crippen molar-refractivity contribution in [2.75, 3.05) is 0 Å². The molecule has 0 unspecified atom stereocenters. The zero-order chi connectivity index (χ0) is 12.5. The van der Waals surface area contributed by atoms with Crippen LogP contribution in [-0.2, 0) is 11.2 Å². The summed E-state index contributed by atoms with van der Waals surface area (Å²) in [7, 11) is 0. The predicted octanol–water partition coefficient (Wildman–Crippen LogP) is 2.49. The fourth-order valence-electron chi connectivity index (χ4n) is 1.54. The smallest absolute Gasteiger partial charge is 0.307 e. The van der Waals surface area contributed by atoms with Gasteiger partial charge in [0.1, 0.15) is 0 Å². The number of benzene rings is 1. The zero-order valence-electron chi connectivity index (χ0n) is 8.78. The number of carboxylic acid groups (broad SMARTS) is 1. The maximum Gasteiger partial charge on any atom is 0.307 e. The Labute approximate surface area is 96.8 Å². The Kier molecular flexibility index (Phi) is 3.49. The average Bonchev–Trinajstić information content (AvgIpc) is 2.13. The number of carboxylic acids is 1. The van der Waals surface area contributed by atoms with Crippen molar-refractivity contribution in [2.45, 2.75) is 20.3 Å². The minimum Gasteiger partial charge on any atom is -0.481 e. The molecule has 0 saturated carbocycles. The standard InChI is InChI=1S/C10H10ClNO4/c1-5-7(4-9(13)14)3-8(11)6(2)10(5)12(15)16/h3H,4H2,1-2H3,(H,13,14). The van der Waals surface area contributed by atoms with E-state index in [0.717, 1.165) is 0 Å². The van der Waals surface area contributed by atoms with Gasteiger partial charge in [-0.3, -0.25) is 14.9 Å². The topological polar surface area (TPSA) is 80.4 Å². The summed E-state index contributed by atoms with van der Waals surface area (Å²) in [5.74, 6) is -1.04. The Morgan fingerprint density at radius 1 is 1.50 bits per heavy atom. The largest absolute Gasteiger partial charge is 0.481 e. The highest BCUT2D eigenvalue weighted by Crippen LogP contribution is 2.32. The third kappa shape index (κ3) is 2.30. The second-order valence-electron chi connectivity index (χ2n) is 3.44. The van der Waals surface area contributed by atoms with Crippen molar-refractivity contribution < 1.29 is 14.8 Å². The summed E-state index contributed by atoms with van der Waals surface area (Å²) in [6.45, 7) is 3.07. The molecule has 0 spiro atoms. The second kappa shape index (κ2) is 4.49. The summed E-state index contributed by atoms with van der Waals surface area (Å²) >= 11 is 5.82. The highest BCUT2D eigenvalue weighted by Gasteiger charge is 2.21. The third-order valence-corrected chi connectivity index (χ3v) is 2.77. The van der Waals surface area contributed by atoms with Crippen LogP contribution in [0, 0.1) is 24.0 Å². The molecule has 0 saturated heterocycles. The van der Waals surface area contributed by atoms with Gasteiger partial charge < -0.3 is 5.11 Å². The van der Waals surface area contributed by atoms with Crippen LogP contribution in [0.3, 0.4) is 0 Å². The molecule has 1 aromatic rings. The average molecular weight is 244 g/mol. The number of aliphatic carboxylic acids is 1. The Morgan fingerprint density at radius 3 is 2.50 bits per heavy atom. The molecule has 0 aliphatic heterocycles. The molecule has 1 aromatic carbocycles. The highest BCUT2D eigenvalue weighted by atomic mass is 35.5. The molecule has 0 aliphatic carbocycles. The number of nitro groups is 1. The van der Waals surface area contributed by atoms with Crippen LogP contribution >= 0.6 is 11.6 Å².